The molecule has 2 aromatic rings. The minimum atomic E-state index is -0.353. The highest BCUT2D eigenvalue weighted by atomic mass is 16.2. The predicted octanol–water partition coefficient (Wildman–Crippen LogP) is 2.64. The van der Waals surface area contributed by atoms with Gasteiger partial charge >= 0.3 is 0 Å². The van der Waals surface area contributed by atoms with Crippen LogP contribution in [-0.4, -0.2) is 11.8 Å². The number of nitriles is 2. The summed E-state index contributed by atoms with van der Waals surface area (Å²) in [6.45, 7) is 0. The predicted molar refractivity (Wildman–Crippen MR) is 91.2 cm³/mol. The van der Waals surface area contributed by atoms with Crippen molar-refractivity contribution in [2.24, 2.45) is 11.8 Å². The average molecular weight is 330 g/mol. The van der Waals surface area contributed by atoms with Gasteiger partial charge in [0, 0.05) is 11.4 Å². The molecule has 0 spiro atoms. The summed E-state index contributed by atoms with van der Waals surface area (Å²) in [4.78, 5) is 24.4. The molecule has 1 aliphatic carbocycles. The normalized spacial score (nSPS) is 17.7. The first-order valence-electron chi connectivity index (χ1n) is 7.73. The third kappa shape index (κ3) is 3.82. The fourth-order valence-electron chi connectivity index (χ4n) is 2.50. The topological polar surface area (TPSA) is 106 Å². The second kappa shape index (κ2) is 6.86. The molecule has 2 N–H and O–H groups in total. The van der Waals surface area contributed by atoms with E-state index in [0.717, 1.165) is 0 Å². The molecule has 2 aromatic carbocycles. The van der Waals surface area contributed by atoms with E-state index in [2.05, 4.69) is 10.6 Å². The molecule has 0 radical (unpaired) electrons. The highest BCUT2D eigenvalue weighted by Gasteiger charge is 2.48. The van der Waals surface area contributed by atoms with Crippen LogP contribution in [-0.2, 0) is 9.59 Å². The lowest BCUT2D eigenvalue weighted by atomic mass is 10.2. The van der Waals surface area contributed by atoms with Gasteiger partial charge in [0.25, 0.3) is 0 Å². The van der Waals surface area contributed by atoms with Gasteiger partial charge < -0.3 is 10.6 Å². The summed E-state index contributed by atoms with van der Waals surface area (Å²) in [6, 6.07) is 17.1. The van der Waals surface area contributed by atoms with Gasteiger partial charge in [0.15, 0.2) is 0 Å². The van der Waals surface area contributed by atoms with E-state index in [1.165, 1.54) is 0 Å². The van der Waals surface area contributed by atoms with Gasteiger partial charge in [0.1, 0.15) is 0 Å². The quantitative estimate of drug-likeness (QED) is 0.898. The molecule has 1 fully saturated rings. The zero-order valence-corrected chi connectivity index (χ0v) is 13.2. The lowest BCUT2D eigenvalue weighted by molar-refractivity contribution is -0.122. The molecule has 0 heterocycles. The van der Waals surface area contributed by atoms with Crippen molar-refractivity contribution in [1.29, 1.82) is 10.5 Å². The van der Waals surface area contributed by atoms with Crippen molar-refractivity contribution >= 4 is 23.2 Å². The van der Waals surface area contributed by atoms with E-state index in [1.807, 2.05) is 12.1 Å². The zero-order chi connectivity index (χ0) is 17.8. The number of carbonyl (C=O) groups excluding carboxylic acids is 2. The summed E-state index contributed by atoms with van der Waals surface area (Å²) in [6.07, 6.45) is 0.504. The van der Waals surface area contributed by atoms with Crippen molar-refractivity contribution < 1.29 is 9.59 Å². The summed E-state index contributed by atoms with van der Waals surface area (Å²) in [5.74, 6) is -1.11. The number of benzene rings is 2. The monoisotopic (exact) mass is 330 g/mol. The molecule has 6 nitrogen and oxygen atoms in total. The summed E-state index contributed by atoms with van der Waals surface area (Å²) in [5.41, 5.74) is 2.23. The molecule has 6 heteroatoms. The van der Waals surface area contributed by atoms with Gasteiger partial charge in [-0.15, -0.1) is 0 Å². The van der Waals surface area contributed by atoms with E-state index in [0.29, 0.717) is 28.9 Å². The molecule has 0 bridgehead atoms. The Hall–Kier alpha value is -3.64. The van der Waals surface area contributed by atoms with Gasteiger partial charge in [0.05, 0.1) is 35.1 Å². The van der Waals surface area contributed by atoms with Crippen LogP contribution < -0.4 is 10.6 Å². The number of hydrogen-bond acceptors (Lipinski definition) is 4. The minimum absolute atomic E-state index is 0.204. The smallest absolute Gasteiger partial charge is 0.228 e. The van der Waals surface area contributed by atoms with Crippen LogP contribution in [0.5, 0.6) is 0 Å². The Kier molecular flexibility index (Phi) is 4.45. The number of anilines is 2. The van der Waals surface area contributed by atoms with Gasteiger partial charge in [-0.05, 0) is 55.0 Å². The Morgan fingerprint density at radius 2 is 1.12 bits per heavy atom. The average Bonchev–Trinajstić information content (AvgIpc) is 3.44. The first kappa shape index (κ1) is 16.2. The Labute approximate surface area is 144 Å². The molecular formula is C19H14N4O2. The summed E-state index contributed by atoms with van der Waals surface area (Å²) in [7, 11) is 0. The van der Waals surface area contributed by atoms with Gasteiger partial charge in [-0.1, -0.05) is 0 Å². The number of nitrogens with one attached hydrogen (secondary N) is 2. The van der Waals surface area contributed by atoms with E-state index in [9.17, 15) is 9.59 Å². The van der Waals surface area contributed by atoms with E-state index < -0.39 is 0 Å². The maximum atomic E-state index is 12.2. The Balaban J connectivity index is 1.54. The fraction of sp³-hybridized carbons (Fsp3) is 0.158. The van der Waals surface area contributed by atoms with Crippen molar-refractivity contribution in [3.05, 3.63) is 59.7 Å². The second-order valence-corrected chi connectivity index (χ2v) is 5.81. The van der Waals surface area contributed by atoms with Crippen molar-refractivity contribution in [2.75, 3.05) is 10.6 Å². The minimum Gasteiger partial charge on any atom is -0.326 e. The number of nitrogens with zero attached hydrogens (tertiary/aromatic N) is 2. The third-order valence-electron chi connectivity index (χ3n) is 4.03. The molecule has 0 aliphatic heterocycles. The van der Waals surface area contributed by atoms with Crippen LogP contribution in [0.4, 0.5) is 11.4 Å². The first-order chi connectivity index (χ1) is 12.1. The molecule has 0 unspecified atom stereocenters. The highest BCUT2D eigenvalue weighted by molar-refractivity contribution is 6.03. The molecule has 2 amide bonds. The highest BCUT2D eigenvalue weighted by Crippen LogP contribution is 2.40. The number of amides is 2. The van der Waals surface area contributed by atoms with E-state index in [-0.39, 0.29) is 23.7 Å². The molecule has 25 heavy (non-hydrogen) atoms. The summed E-state index contributed by atoms with van der Waals surface area (Å²) < 4.78 is 0. The van der Waals surface area contributed by atoms with Crippen molar-refractivity contribution in [2.45, 2.75) is 6.42 Å². The Bertz CT molecular complexity index is 814. The lowest BCUT2D eigenvalue weighted by Crippen LogP contribution is -2.20. The molecule has 1 saturated carbocycles. The number of carbonyl (C=O) groups is 2. The SMILES string of the molecule is N#Cc1ccc(NC(=O)[C@@H]2C[C@H]2C(=O)Nc2ccc(C#N)cc2)cc1. The Morgan fingerprint density at radius 3 is 1.44 bits per heavy atom. The second-order valence-electron chi connectivity index (χ2n) is 5.81. The van der Waals surface area contributed by atoms with Crippen LogP contribution in [0.15, 0.2) is 48.5 Å². The molecule has 0 saturated heterocycles. The summed E-state index contributed by atoms with van der Waals surface area (Å²) >= 11 is 0. The van der Waals surface area contributed by atoms with Crippen molar-refractivity contribution in [3.63, 3.8) is 0 Å². The van der Waals surface area contributed by atoms with Crippen molar-refractivity contribution in [3.8, 4) is 12.1 Å². The van der Waals surface area contributed by atoms with Gasteiger partial charge in [-0.2, -0.15) is 10.5 Å². The molecule has 3 rings (SSSR count). The molecule has 122 valence electrons. The van der Waals surface area contributed by atoms with Crippen LogP contribution >= 0.6 is 0 Å². The van der Waals surface area contributed by atoms with Crippen LogP contribution in [0.3, 0.4) is 0 Å². The van der Waals surface area contributed by atoms with Gasteiger partial charge in [-0.25, -0.2) is 0 Å². The number of rotatable bonds is 4. The van der Waals surface area contributed by atoms with E-state index in [4.69, 9.17) is 10.5 Å². The van der Waals surface area contributed by atoms with Crippen LogP contribution in [0, 0.1) is 34.5 Å². The van der Waals surface area contributed by atoms with Crippen molar-refractivity contribution in [1.82, 2.24) is 0 Å². The lowest BCUT2D eigenvalue weighted by Gasteiger charge is -2.06. The summed E-state index contributed by atoms with van der Waals surface area (Å²) in [5, 5.41) is 23.0. The number of hydrogen-bond donors (Lipinski definition) is 2. The fourth-order valence-corrected chi connectivity index (χ4v) is 2.50. The Morgan fingerprint density at radius 1 is 0.760 bits per heavy atom. The maximum absolute atomic E-state index is 12.2. The first-order valence-corrected chi connectivity index (χ1v) is 7.73. The van der Waals surface area contributed by atoms with Crippen LogP contribution in [0.1, 0.15) is 17.5 Å². The maximum Gasteiger partial charge on any atom is 0.228 e. The van der Waals surface area contributed by atoms with E-state index >= 15 is 0 Å². The zero-order valence-electron chi connectivity index (χ0n) is 13.2. The molecule has 1 aliphatic rings. The van der Waals surface area contributed by atoms with Gasteiger partial charge in [0.2, 0.25) is 11.8 Å². The molecule has 0 aromatic heterocycles. The largest absolute Gasteiger partial charge is 0.326 e. The van der Waals surface area contributed by atoms with E-state index in [1.54, 1.807) is 48.5 Å². The molecule has 2 atom stereocenters. The van der Waals surface area contributed by atoms with Crippen LogP contribution in [0.2, 0.25) is 0 Å². The molecular weight excluding hydrogens is 316 g/mol. The van der Waals surface area contributed by atoms with Gasteiger partial charge in [-0.3, -0.25) is 9.59 Å². The van der Waals surface area contributed by atoms with Crippen LogP contribution in [0.25, 0.3) is 0 Å². The third-order valence-corrected chi connectivity index (χ3v) is 4.03. The standard InChI is InChI=1S/C19H14N4O2/c20-10-12-1-5-14(6-2-12)22-18(24)16-9-17(16)19(25)23-15-7-3-13(11-21)4-8-15/h1-8,16-17H,9H2,(H,22,24)(H,23,25)/t16-,17-/m1/s1.